The van der Waals surface area contributed by atoms with Gasteiger partial charge in [0.2, 0.25) is 11.6 Å². The number of halogens is 2. The summed E-state index contributed by atoms with van der Waals surface area (Å²) in [6.45, 7) is 1.36. The lowest BCUT2D eigenvalue weighted by molar-refractivity contribution is 0.0972. The van der Waals surface area contributed by atoms with E-state index >= 15 is 0 Å². The highest BCUT2D eigenvalue weighted by molar-refractivity contribution is 9.11. The van der Waals surface area contributed by atoms with Gasteiger partial charge in [0.15, 0.2) is 0 Å². The van der Waals surface area contributed by atoms with Gasteiger partial charge in [-0.3, -0.25) is 9.78 Å². The zero-order valence-electron chi connectivity index (χ0n) is 8.07. The Kier molecular flexibility index (Phi) is 3.15. The lowest BCUT2D eigenvalue weighted by atomic mass is 10.3. The summed E-state index contributed by atoms with van der Waals surface area (Å²) in [4.78, 5) is 19.1. The Bertz CT molecular complexity index is 553. The summed E-state index contributed by atoms with van der Waals surface area (Å²) in [5.74, 6) is -0.0109. The second-order valence-electron chi connectivity index (χ2n) is 2.96. The molecule has 16 heavy (non-hydrogen) atoms. The van der Waals surface area contributed by atoms with E-state index in [2.05, 4.69) is 47.0 Å². The van der Waals surface area contributed by atoms with E-state index < -0.39 is 0 Å². The Hall–Kier alpha value is -1.08. The smallest absolute Gasteiger partial charge is 0.294 e. The number of pyridine rings is 1. The van der Waals surface area contributed by atoms with E-state index in [4.69, 9.17) is 4.52 Å². The molecular formula is C9H5Br2N3O2. The van der Waals surface area contributed by atoms with E-state index in [9.17, 15) is 4.79 Å². The van der Waals surface area contributed by atoms with Gasteiger partial charge in [0, 0.05) is 22.1 Å². The minimum absolute atomic E-state index is 0.0216. The zero-order valence-corrected chi connectivity index (χ0v) is 11.2. The van der Waals surface area contributed by atoms with Gasteiger partial charge in [0.25, 0.3) is 5.89 Å². The molecule has 0 N–H and O–H groups in total. The summed E-state index contributed by atoms with van der Waals surface area (Å²) >= 11 is 6.62. The van der Waals surface area contributed by atoms with Gasteiger partial charge >= 0.3 is 0 Å². The van der Waals surface area contributed by atoms with Gasteiger partial charge in [-0.25, -0.2) is 0 Å². The molecular weight excluding hydrogens is 342 g/mol. The maximum atomic E-state index is 11.0. The SMILES string of the molecule is CC(=O)c1nc(-c2ncc(Br)cc2Br)no1. The fraction of sp³-hybridized carbons (Fsp3) is 0.111. The van der Waals surface area contributed by atoms with Crippen molar-refractivity contribution >= 4 is 37.6 Å². The number of hydrogen-bond donors (Lipinski definition) is 0. The third kappa shape index (κ3) is 2.19. The third-order valence-corrected chi connectivity index (χ3v) is 2.78. The van der Waals surface area contributed by atoms with Crippen LogP contribution in [-0.2, 0) is 0 Å². The van der Waals surface area contributed by atoms with Crippen LogP contribution in [0.3, 0.4) is 0 Å². The summed E-state index contributed by atoms with van der Waals surface area (Å²) in [5.41, 5.74) is 0.527. The molecule has 0 bridgehead atoms. The van der Waals surface area contributed by atoms with Crippen molar-refractivity contribution in [3.05, 3.63) is 27.1 Å². The molecule has 0 aromatic carbocycles. The second kappa shape index (κ2) is 4.42. The van der Waals surface area contributed by atoms with Crippen LogP contribution < -0.4 is 0 Å². The van der Waals surface area contributed by atoms with Crippen LogP contribution in [0, 0.1) is 0 Å². The average molecular weight is 347 g/mol. The van der Waals surface area contributed by atoms with Gasteiger partial charge in [0.1, 0.15) is 5.69 Å². The van der Waals surface area contributed by atoms with Crippen LogP contribution in [-0.4, -0.2) is 20.9 Å². The second-order valence-corrected chi connectivity index (χ2v) is 4.73. The number of aromatic nitrogens is 3. The van der Waals surface area contributed by atoms with Crippen LogP contribution in [0.5, 0.6) is 0 Å². The molecule has 0 radical (unpaired) electrons. The molecule has 2 heterocycles. The summed E-state index contributed by atoms with van der Waals surface area (Å²) in [5, 5.41) is 3.68. The molecule has 0 spiro atoms. The van der Waals surface area contributed by atoms with E-state index in [1.165, 1.54) is 6.92 Å². The minimum atomic E-state index is -0.271. The number of carbonyl (C=O) groups excluding carboxylic acids is 1. The molecule has 0 aliphatic rings. The first-order valence-corrected chi connectivity index (χ1v) is 5.82. The highest BCUT2D eigenvalue weighted by Crippen LogP contribution is 2.26. The van der Waals surface area contributed by atoms with Crippen molar-refractivity contribution in [2.45, 2.75) is 6.92 Å². The number of rotatable bonds is 2. The number of carbonyl (C=O) groups is 1. The van der Waals surface area contributed by atoms with Gasteiger partial charge < -0.3 is 4.52 Å². The largest absolute Gasteiger partial charge is 0.330 e. The van der Waals surface area contributed by atoms with Crippen molar-refractivity contribution in [1.82, 2.24) is 15.1 Å². The molecule has 0 amide bonds. The molecule has 0 aliphatic heterocycles. The Morgan fingerprint density at radius 1 is 1.44 bits per heavy atom. The Labute approximate surface area is 108 Å². The Morgan fingerprint density at radius 2 is 2.19 bits per heavy atom. The lowest BCUT2D eigenvalue weighted by Gasteiger charge is -1.97. The molecule has 2 aromatic heterocycles. The predicted molar refractivity (Wildman–Crippen MR) is 62.9 cm³/mol. The molecule has 0 saturated heterocycles. The van der Waals surface area contributed by atoms with Gasteiger partial charge in [-0.05, 0) is 37.9 Å². The fourth-order valence-corrected chi connectivity index (χ4v) is 2.21. The number of Topliss-reactive ketones (excluding diaryl/α,β-unsaturated/α-hetero) is 1. The summed E-state index contributed by atoms with van der Waals surface area (Å²) in [7, 11) is 0. The molecule has 82 valence electrons. The monoisotopic (exact) mass is 345 g/mol. The van der Waals surface area contributed by atoms with Gasteiger partial charge in [-0.15, -0.1) is 0 Å². The van der Waals surface area contributed by atoms with Crippen molar-refractivity contribution in [1.29, 1.82) is 0 Å². The van der Waals surface area contributed by atoms with E-state index in [0.29, 0.717) is 5.69 Å². The summed E-state index contributed by atoms with van der Waals surface area (Å²) in [6.07, 6.45) is 1.61. The normalized spacial score (nSPS) is 10.4. The van der Waals surface area contributed by atoms with Crippen molar-refractivity contribution in [3.63, 3.8) is 0 Å². The lowest BCUT2D eigenvalue weighted by Crippen LogP contribution is -1.92. The van der Waals surface area contributed by atoms with Crippen molar-refractivity contribution in [2.75, 3.05) is 0 Å². The van der Waals surface area contributed by atoms with Crippen LogP contribution >= 0.6 is 31.9 Å². The Balaban J connectivity index is 2.46. The molecule has 2 rings (SSSR count). The third-order valence-electron chi connectivity index (χ3n) is 1.75. The molecule has 0 fully saturated rings. The maximum Gasteiger partial charge on any atom is 0.294 e. The zero-order chi connectivity index (χ0) is 11.7. The highest BCUT2D eigenvalue weighted by Gasteiger charge is 2.15. The predicted octanol–water partition coefficient (Wildman–Crippen LogP) is 2.86. The fourth-order valence-electron chi connectivity index (χ4n) is 1.04. The maximum absolute atomic E-state index is 11.0. The molecule has 0 aliphatic carbocycles. The van der Waals surface area contributed by atoms with E-state index in [1.807, 2.05) is 6.07 Å². The van der Waals surface area contributed by atoms with E-state index in [1.54, 1.807) is 6.20 Å². The van der Waals surface area contributed by atoms with Crippen molar-refractivity contribution in [2.24, 2.45) is 0 Å². The number of hydrogen-bond acceptors (Lipinski definition) is 5. The van der Waals surface area contributed by atoms with Crippen LogP contribution in [0.2, 0.25) is 0 Å². The van der Waals surface area contributed by atoms with E-state index in [-0.39, 0.29) is 17.5 Å². The van der Waals surface area contributed by atoms with Crippen molar-refractivity contribution in [3.8, 4) is 11.5 Å². The average Bonchev–Trinajstić information content (AvgIpc) is 2.66. The first-order valence-electron chi connectivity index (χ1n) is 4.24. The van der Waals surface area contributed by atoms with E-state index in [0.717, 1.165) is 8.95 Å². The standard InChI is InChI=1S/C9H5Br2N3O2/c1-4(15)9-13-8(14-16-9)7-6(11)2-5(10)3-12-7/h2-3H,1H3. The van der Waals surface area contributed by atoms with Crippen LogP contribution in [0.15, 0.2) is 25.7 Å². The molecule has 0 saturated carbocycles. The number of nitrogens with zero attached hydrogens (tertiary/aromatic N) is 3. The van der Waals surface area contributed by atoms with Crippen LogP contribution in [0.1, 0.15) is 17.6 Å². The molecule has 0 unspecified atom stereocenters. The quantitative estimate of drug-likeness (QED) is 0.782. The van der Waals surface area contributed by atoms with Gasteiger partial charge in [-0.2, -0.15) is 4.98 Å². The first kappa shape index (κ1) is 11.4. The van der Waals surface area contributed by atoms with Crippen LogP contribution in [0.4, 0.5) is 0 Å². The highest BCUT2D eigenvalue weighted by atomic mass is 79.9. The molecule has 2 aromatic rings. The van der Waals surface area contributed by atoms with Crippen LogP contribution in [0.25, 0.3) is 11.5 Å². The first-order chi connectivity index (χ1) is 7.58. The van der Waals surface area contributed by atoms with Gasteiger partial charge in [-0.1, -0.05) is 5.16 Å². The minimum Gasteiger partial charge on any atom is -0.330 e. The summed E-state index contributed by atoms with van der Waals surface area (Å²) < 4.78 is 6.33. The van der Waals surface area contributed by atoms with Gasteiger partial charge in [0.05, 0.1) is 0 Å². The molecule has 7 heteroatoms. The van der Waals surface area contributed by atoms with Crippen molar-refractivity contribution < 1.29 is 9.32 Å². The topological polar surface area (TPSA) is 68.9 Å². The Morgan fingerprint density at radius 3 is 2.75 bits per heavy atom. The number of ketones is 1. The molecule has 5 nitrogen and oxygen atoms in total. The summed E-state index contributed by atoms with van der Waals surface area (Å²) in [6, 6.07) is 1.81. The molecule has 0 atom stereocenters.